The molecule has 4 radical (unpaired) electrons. The summed E-state index contributed by atoms with van der Waals surface area (Å²) in [5, 5.41) is 4.95. The number of rotatable bonds is 11. The van der Waals surface area contributed by atoms with Gasteiger partial charge in [0.1, 0.15) is 11.0 Å². The quantitative estimate of drug-likeness (QED) is 0.0577. The molecule has 0 N–H and O–H groups in total. The van der Waals surface area contributed by atoms with E-state index in [0.29, 0.717) is 13.2 Å². The Hall–Kier alpha value is -3.47. The molecule has 0 spiro atoms. The molecule has 1 atom stereocenters. The van der Waals surface area contributed by atoms with E-state index in [1.807, 2.05) is 63.2 Å². The molecule has 5 rings (SSSR count). The maximum atomic E-state index is 13.6. The van der Waals surface area contributed by atoms with Crippen molar-refractivity contribution in [2.75, 3.05) is 6.61 Å². The fourth-order valence-corrected chi connectivity index (χ4v) is 15.0. The minimum absolute atomic E-state index is 0. The predicted molar refractivity (Wildman–Crippen MR) is 226 cm³/mol. The summed E-state index contributed by atoms with van der Waals surface area (Å²) in [7, 11) is -4.47. The zero-order chi connectivity index (χ0) is 42.6. The van der Waals surface area contributed by atoms with Gasteiger partial charge in [-0.2, -0.15) is 4.08 Å². The predicted octanol–water partition coefficient (Wildman–Crippen LogP) is 8.20. The first kappa shape index (κ1) is 58.8. The first-order chi connectivity index (χ1) is 27.0. The van der Waals surface area contributed by atoms with Crippen molar-refractivity contribution in [1.29, 1.82) is 0 Å². The number of hydrogen-bond acceptors (Lipinski definition) is 2. The van der Waals surface area contributed by atoms with E-state index in [9.17, 15) is 4.21 Å². The summed E-state index contributed by atoms with van der Waals surface area (Å²) in [6, 6.07) is 52.3. The van der Waals surface area contributed by atoms with Gasteiger partial charge >= 0.3 is 45.2 Å². The molecule has 12 heteroatoms. The normalized spacial score (nSPS) is 10.6. The summed E-state index contributed by atoms with van der Waals surface area (Å²) < 4.78 is 51.9. The van der Waals surface area contributed by atoms with Crippen molar-refractivity contribution in [1.82, 2.24) is 4.08 Å². The van der Waals surface area contributed by atoms with Gasteiger partial charge in [-0.25, -0.2) is 4.21 Å². The molecule has 58 heavy (non-hydrogen) atoms. The van der Waals surface area contributed by atoms with E-state index in [1.165, 1.54) is 26.5 Å². The first-order valence-electron chi connectivity index (χ1n) is 17.1. The van der Waals surface area contributed by atoms with E-state index in [-0.39, 0.29) is 43.3 Å². The molecule has 0 aliphatic rings. The van der Waals surface area contributed by atoms with Gasteiger partial charge in [-0.05, 0) is 58.4 Å². The van der Waals surface area contributed by atoms with Crippen LogP contribution in [0.15, 0.2) is 152 Å². The third-order valence-corrected chi connectivity index (χ3v) is 17.5. The summed E-state index contributed by atoms with van der Waals surface area (Å²) in [5.74, 6) is 0. The Labute approximate surface area is 371 Å². The molecule has 5 aromatic carbocycles. The molecule has 0 amide bonds. The van der Waals surface area contributed by atoms with Crippen LogP contribution in [0, 0.1) is 39.3 Å². The van der Waals surface area contributed by atoms with Crippen LogP contribution in [0.25, 0.3) is 0 Å². The monoisotopic (exact) mass is 919 g/mol. The van der Waals surface area contributed by atoms with Gasteiger partial charge in [-0.3, -0.25) is 0 Å². The van der Waals surface area contributed by atoms with E-state index in [0.717, 1.165) is 0 Å². The number of benzene rings is 5. The summed E-state index contributed by atoms with van der Waals surface area (Å²) in [6.07, 6.45) is 2.65. The average Bonchev–Trinajstić information content (AvgIpc) is 3.25. The summed E-state index contributed by atoms with van der Waals surface area (Å²) >= 11 is 0. The molecule has 0 aliphatic heterocycles. The van der Waals surface area contributed by atoms with Crippen LogP contribution >= 0.6 is 8.07 Å². The van der Waals surface area contributed by atoms with Crippen LogP contribution < -0.4 is 21.0 Å². The Morgan fingerprint density at radius 1 is 0.603 bits per heavy atom. The van der Waals surface area contributed by atoms with Crippen molar-refractivity contribution in [3.8, 4) is 0 Å². The summed E-state index contributed by atoms with van der Waals surface area (Å²) in [6.45, 7) is 37.4. The molecule has 0 saturated heterocycles. The molecule has 0 unspecified atom stereocenters. The molecule has 0 fully saturated rings. The van der Waals surface area contributed by atoms with Crippen molar-refractivity contribution in [3.63, 3.8) is 0 Å². The van der Waals surface area contributed by atoms with E-state index < -0.39 is 27.4 Å². The van der Waals surface area contributed by atoms with Crippen molar-refractivity contribution >= 4 is 48.4 Å². The van der Waals surface area contributed by atoms with Gasteiger partial charge in [0.05, 0.1) is 11.4 Å². The fourth-order valence-electron chi connectivity index (χ4n) is 5.72. The van der Waals surface area contributed by atoms with Crippen LogP contribution in [-0.4, -0.2) is 28.0 Å². The van der Waals surface area contributed by atoms with Crippen molar-refractivity contribution in [2.24, 2.45) is 0 Å². The van der Waals surface area contributed by atoms with Gasteiger partial charge < -0.3 is 4.43 Å². The molecule has 0 aliphatic carbocycles. The van der Waals surface area contributed by atoms with E-state index in [2.05, 4.69) is 167 Å². The van der Waals surface area contributed by atoms with Crippen LogP contribution in [0.4, 0.5) is 0 Å². The molecule has 5 aromatic rings. The van der Waals surface area contributed by atoms with E-state index in [1.54, 1.807) is 0 Å². The molecule has 0 heterocycles. The van der Waals surface area contributed by atoms with Gasteiger partial charge in [-0.15, -0.1) is 0 Å². The van der Waals surface area contributed by atoms with Gasteiger partial charge in [-0.1, -0.05) is 179 Å². The summed E-state index contributed by atoms with van der Waals surface area (Å²) in [4.78, 5) is 0. The first-order valence-corrected chi connectivity index (χ1v) is 21.4. The standard InChI is InChI=1S/C23H26NOPS.C19H22OSi.4CO.2Co/c1-23(2,3)27(25)24(19-20-13-7-4-8-14-20)26(21-15-9-5-10-16-21)22-17-11-6-12-18-22;1-5-16-20-21(19(2,3)4,17-12-8-6-9-13-17)18-14-10-7-11-15-18;4*1-2;;/h4-18H,19H2,1-3H3;1,6-15H,16H2,2-4H3;;;;;;/t27-;;;;;;;/m0......./s1. The van der Waals surface area contributed by atoms with Crippen molar-refractivity contribution in [2.45, 2.75) is 57.9 Å². The van der Waals surface area contributed by atoms with E-state index in [4.69, 9.17) is 29.6 Å². The largest absolute Gasteiger partial charge is 0.403 e. The Kier molecular flexibility index (Phi) is 32.9. The Balaban J connectivity index is -0.000000881. The maximum absolute atomic E-state index is 13.6. The fraction of sp³-hybridized carbons (Fsp3) is 0.217. The van der Waals surface area contributed by atoms with Gasteiger partial charge in [0.15, 0.2) is 0 Å². The molecular weight excluding hydrogens is 871 g/mol. The minimum atomic E-state index is -2.41. The zero-order valence-electron chi connectivity index (χ0n) is 33.3. The van der Waals surface area contributed by atoms with Crippen LogP contribution in [0.5, 0.6) is 0 Å². The Morgan fingerprint density at radius 3 is 1.21 bits per heavy atom. The molecule has 0 aromatic heterocycles. The molecule has 0 bridgehead atoms. The van der Waals surface area contributed by atoms with Crippen LogP contribution in [-0.2, 0) is 74.1 Å². The second-order valence-corrected chi connectivity index (χ2v) is 22.4. The van der Waals surface area contributed by atoms with Crippen molar-refractivity contribution < 1.29 is 60.8 Å². The van der Waals surface area contributed by atoms with Gasteiger partial charge in [0.2, 0.25) is 0 Å². The summed E-state index contributed by atoms with van der Waals surface area (Å²) in [5.41, 5.74) is 1.18. The van der Waals surface area contributed by atoms with Crippen LogP contribution in [0.2, 0.25) is 5.04 Å². The molecule has 306 valence electrons. The SMILES string of the molecule is CC(C)(C)[S@](=O)N(Cc1ccccc1)P(c1ccccc1)c1ccccc1.[C-]#[O+].[C-]#[O+].[C-]#[O+].[C-]#[O+].[CH]=[C]CO[Si](c1ccccc1)(c1ccccc1)C(C)(C)C.[Co].[Co]. The Bertz CT molecular complexity index is 1800. The molecular formula is C46H48Co2NO6PSSi. The zero-order valence-corrected chi connectivity index (χ0v) is 38.1. The van der Waals surface area contributed by atoms with Gasteiger partial charge in [0, 0.05) is 48.2 Å². The van der Waals surface area contributed by atoms with Crippen LogP contribution in [0.1, 0.15) is 47.1 Å². The third kappa shape index (κ3) is 17.8. The van der Waals surface area contributed by atoms with Gasteiger partial charge in [0.25, 0.3) is 8.32 Å². The third-order valence-electron chi connectivity index (χ3n) is 7.89. The molecule has 0 saturated carbocycles. The minimum Gasteiger partial charge on any atom is -0.403 e. The average molecular weight is 920 g/mol. The molecule has 7 nitrogen and oxygen atoms in total. The Morgan fingerprint density at radius 2 is 0.914 bits per heavy atom. The van der Waals surface area contributed by atoms with E-state index >= 15 is 0 Å². The second kappa shape index (κ2) is 32.4. The van der Waals surface area contributed by atoms with Crippen LogP contribution in [0.3, 0.4) is 0 Å². The number of nitrogens with zero attached hydrogens (tertiary/aromatic N) is 1. The topological polar surface area (TPSA) is 109 Å². The second-order valence-electron chi connectivity index (χ2n) is 13.5. The smallest absolute Gasteiger partial charge is 0.261 e. The van der Waals surface area contributed by atoms with Crippen molar-refractivity contribution in [3.05, 3.63) is 196 Å². The maximum Gasteiger partial charge on any atom is 0.261 e. The number of hydrogen-bond donors (Lipinski definition) is 0.